The SMILES string of the molecule is C#CC(C)(C)NC(=O)c1cc(F)cnc1NC(C)C(F)(F)F. The number of alkyl halides is 3. The number of hydrogen-bond acceptors (Lipinski definition) is 3. The molecule has 0 aromatic carbocycles. The molecule has 1 aromatic heterocycles. The van der Waals surface area contributed by atoms with Crippen molar-refractivity contribution in [1.29, 1.82) is 0 Å². The lowest BCUT2D eigenvalue weighted by Gasteiger charge is -2.22. The molecule has 120 valence electrons. The largest absolute Gasteiger partial charge is 0.408 e. The second-order valence-electron chi connectivity index (χ2n) is 5.18. The van der Waals surface area contributed by atoms with Crippen molar-refractivity contribution in [2.75, 3.05) is 5.32 Å². The molecule has 0 bridgehead atoms. The number of nitrogens with zero attached hydrogens (tertiary/aromatic N) is 1. The first-order chi connectivity index (χ1) is 9.96. The summed E-state index contributed by atoms with van der Waals surface area (Å²) in [6, 6.07) is -1.17. The molecule has 0 saturated carbocycles. The van der Waals surface area contributed by atoms with Crippen molar-refractivity contribution in [3.63, 3.8) is 0 Å². The molecular weight excluding hydrogens is 302 g/mol. The number of rotatable bonds is 4. The van der Waals surface area contributed by atoms with Gasteiger partial charge in [0.25, 0.3) is 5.91 Å². The number of hydrogen-bond donors (Lipinski definition) is 2. The fourth-order valence-electron chi connectivity index (χ4n) is 1.40. The van der Waals surface area contributed by atoms with Gasteiger partial charge in [0.1, 0.15) is 17.7 Å². The van der Waals surface area contributed by atoms with Gasteiger partial charge in [-0.3, -0.25) is 4.79 Å². The third kappa shape index (κ3) is 4.62. The van der Waals surface area contributed by atoms with Gasteiger partial charge in [-0.05, 0) is 26.8 Å². The monoisotopic (exact) mass is 317 g/mol. The first kappa shape index (κ1) is 17.8. The van der Waals surface area contributed by atoms with Crippen LogP contribution in [0.5, 0.6) is 0 Å². The number of carbonyl (C=O) groups excluding carboxylic acids is 1. The lowest BCUT2D eigenvalue weighted by atomic mass is 10.1. The van der Waals surface area contributed by atoms with Crippen LogP contribution in [0.4, 0.5) is 23.4 Å². The third-order valence-electron chi connectivity index (χ3n) is 2.73. The van der Waals surface area contributed by atoms with Crippen molar-refractivity contribution in [1.82, 2.24) is 10.3 Å². The highest BCUT2D eigenvalue weighted by molar-refractivity contribution is 5.99. The second-order valence-corrected chi connectivity index (χ2v) is 5.18. The normalized spacial score (nSPS) is 13.2. The van der Waals surface area contributed by atoms with E-state index in [1.807, 2.05) is 5.32 Å². The lowest BCUT2D eigenvalue weighted by Crippen LogP contribution is -2.43. The number of nitrogens with one attached hydrogen (secondary N) is 2. The Morgan fingerprint density at radius 3 is 2.50 bits per heavy atom. The second kappa shape index (κ2) is 6.22. The molecule has 2 N–H and O–H groups in total. The molecule has 1 heterocycles. The van der Waals surface area contributed by atoms with Crippen molar-refractivity contribution >= 4 is 11.7 Å². The van der Waals surface area contributed by atoms with E-state index < -0.39 is 29.5 Å². The van der Waals surface area contributed by atoms with Crippen molar-refractivity contribution in [3.8, 4) is 12.3 Å². The first-order valence-corrected chi connectivity index (χ1v) is 6.25. The van der Waals surface area contributed by atoms with Gasteiger partial charge >= 0.3 is 6.18 Å². The smallest absolute Gasteiger partial charge is 0.358 e. The molecule has 1 unspecified atom stereocenters. The van der Waals surface area contributed by atoms with Crippen LogP contribution in [0.25, 0.3) is 0 Å². The summed E-state index contributed by atoms with van der Waals surface area (Å²) in [5.41, 5.74) is -1.41. The summed E-state index contributed by atoms with van der Waals surface area (Å²) in [4.78, 5) is 15.6. The van der Waals surface area contributed by atoms with Crippen molar-refractivity contribution in [2.45, 2.75) is 38.5 Å². The lowest BCUT2D eigenvalue weighted by molar-refractivity contribution is -0.138. The van der Waals surface area contributed by atoms with Crippen LogP contribution in [-0.4, -0.2) is 28.6 Å². The van der Waals surface area contributed by atoms with Crippen LogP contribution in [0.15, 0.2) is 12.3 Å². The average molecular weight is 317 g/mol. The van der Waals surface area contributed by atoms with Crippen LogP contribution < -0.4 is 10.6 Å². The summed E-state index contributed by atoms with van der Waals surface area (Å²) in [6.45, 7) is 3.89. The molecule has 1 aromatic rings. The Kier molecular flexibility index (Phi) is 5.02. The Labute approximate surface area is 125 Å². The summed E-state index contributed by atoms with van der Waals surface area (Å²) >= 11 is 0. The van der Waals surface area contributed by atoms with Crippen LogP contribution in [0.3, 0.4) is 0 Å². The molecule has 0 aliphatic carbocycles. The summed E-state index contributed by atoms with van der Waals surface area (Å²) in [6.07, 6.45) is 1.40. The molecule has 0 radical (unpaired) electrons. The molecule has 0 aliphatic heterocycles. The molecule has 0 fully saturated rings. The molecule has 1 amide bonds. The maximum atomic E-state index is 13.3. The zero-order chi connectivity index (χ0) is 17.1. The van der Waals surface area contributed by atoms with E-state index in [0.29, 0.717) is 6.20 Å². The van der Waals surface area contributed by atoms with Gasteiger partial charge in [-0.15, -0.1) is 6.42 Å². The van der Waals surface area contributed by atoms with Crippen molar-refractivity contribution in [2.24, 2.45) is 0 Å². The van der Waals surface area contributed by atoms with Gasteiger partial charge in [-0.1, -0.05) is 5.92 Å². The summed E-state index contributed by atoms with van der Waals surface area (Å²) < 4.78 is 51.0. The maximum Gasteiger partial charge on any atom is 0.408 e. The highest BCUT2D eigenvalue weighted by Crippen LogP contribution is 2.24. The summed E-state index contributed by atoms with van der Waals surface area (Å²) in [5, 5.41) is 4.45. The molecule has 8 heteroatoms. The number of terminal acetylenes is 1. The standard InChI is InChI=1S/C14H15F4N3O/c1-5-13(3,4)21-12(22)10-6-9(15)7-19-11(10)20-8(2)14(16,17)18/h1,6-8H,2-4H3,(H,19,20)(H,21,22). The van der Waals surface area contributed by atoms with Crippen molar-refractivity contribution in [3.05, 3.63) is 23.6 Å². The minimum Gasteiger partial charge on any atom is -0.358 e. The van der Waals surface area contributed by atoms with Crippen LogP contribution in [0.1, 0.15) is 31.1 Å². The average Bonchev–Trinajstić information content (AvgIpc) is 2.39. The number of aromatic nitrogens is 1. The predicted octanol–water partition coefficient (Wildman–Crippen LogP) is 2.73. The molecule has 0 spiro atoms. The Bertz CT molecular complexity index is 605. The topological polar surface area (TPSA) is 54.0 Å². The molecule has 0 aliphatic rings. The highest BCUT2D eigenvalue weighted by Gasteiger charge is 2.37. The van der Waals surface area contributed by atoms with Crippen LogP contribution >= 0.6 is 0 Å². The van der Waals surface area contributed by atoms with Crippen molar-refractivity contribution < 1.29 is 22.4 Å². The van der Waals surface area contributed by atoms with E-state index >= 15 is 0 Å². The number of anilines is 1. The van der Waals surface area contributed by atoms with E-state index in [1.54, 1.807) is 0 Å². The maximum absolute atomic E-state index is 13.3. The molecule has 22 heavy (non-hydrogen) atoms. The van der Waals surface area contributed by atoms with E-state index in [1.165, 1.54) is 13.8 Å². The zero-order valence-electron chi connectivity index (χ0n) is 12.2. The van der Waals surface area contributed by atoms with Crippen LogP contribution in [-0.2, 0) is 0 Å². The van der Waals surface area contributed by atoms with E-state index in [9.17, 15) is 22.4 Å². The number of pyridine rings is 1. The zero-order valence-corrected chi connectivity index (χ0v) is 12.2. The number of carbonyl (C=O) groups is 1. The number of amides is 1. The van der Waals surface area contributed by atoms with Gasteiger partial charge in [0.05, 0.1) is 17.3 Å². The van der Waals surface area contributed by atoms with E-state index in [2.05, 4.69) is 16.2 Å². The van der Waals surface area contributed by atoms with Gasteiger partial charge in [0.2, 0.25) is 0 Å². The van der Waals surface area contributed by atoms with Gasteiger partial charge in [0, 0.05) is 0 Å². The third-order valence-corrected chi connectivity index (χ3v) is 2.73. The Morgan fingerprint density at radius 2 is 2.00 bits per heavy atom. The Hall–Kier alpha value is -2.30. The van der Waals surface area contributed by atoms with Crippen LogP contribution in [0.2, 0.25) is 0 Å². The highest BCUT2D eigenvalue weighted by atomic mass is 19.4. The van der Waals surface area contributed by atoms with E-state index in [4.69, 9.17) is 6.42 Å². The Balaban J connectivity index is 3.11. The van der Waals surface area contributed by atoms with Gasteiger partial charge in [0.15, 0.2) is 0 Å². The fourth-order valence-corrected chi connectivity index (χ4v) is 1.40. The molecule has 1 rings (SSSR count). The summed E-state index contributed by atoms with van der Waals surface area (Å²) in [7, 11) is 0. The quantitative estimate of drug-likeness (QED) is 0.663. The fraction of sp³-hybridized carbons (Fsp3) is 0.429. The molecular formula is C14H15F4N3O. The number of halogens is 4. The molecule has 1 atom stereocenters. The van der Waals surface area contributed by atoms with Crippen LogP contribution in [0, 0.1) is 18.2 Å². The van der Waals surface area contributed by atoms with Gasteiger partial charge in [-0.25, -0.2) is 9.37 Å². The molecule has 4 nitrogen and oxygen atoms in total. The first-order valence-electron chi connectivity index (χ1n) is 6.25. The van der Waals surface area contributed by atoms with E-state index in [-0.39, 0.29) is 11.4 Å². The Morgan fingerprint density at radius 1 is 1.41 bits per heavy atom. The predicted molar refractivity (Wildman–Crippen MR) is 73.7 cm³/mol. The molecule has 0 saturated heterocycles. The van der Waals surface area contributed by atoms with Gasteiger partial charge in [-0.2, -0.15) is 13.2 Å². The minimum absolute atomic E-state index is 0.362. The van der Waals surface area contributed by atoms with E-state index in [0.717, 1.165) is 13.0 Å². The van der Waals surface area contributed by atoms with Gasteiger partial charge < -0.3 is 10.6 Å². The summed E-state index contributed by atoms with van der Waals surface area (Å²) in [5.74, 6) is 0.236. The minimum atomic E-state index is -4.54.